The summed E-state index contributed by atoms with van der Waals surface area (Å²) >= 11 is 0. The van der Waals surface area contributed by atoms with Gasteiger partial charge in [0.1, 0.15) is 0 Å². The molecule has 3 N–H and O–H groups in total. The Hall–Kier alpha value is -1.59. The first-order valence-corrected chi connectivity index (χ1v) is 5.97. The molecule has 0 saturated heterocycles. The van der Waals surface area contributed by atoms with Crippen LogP contribution in [0.5, 0.6) is 0 Å². The number of nitrogens with one attached hydrogen (secondary N) is 1. The number of amides is 2. The monoisotopic (exact) mass is 252 g/mol. The Labute approximate surface area is 107 Å². The highest BCUT2D eigenvalue weighted by atomic mass is 16.3. The van der Waals surface area contributed by atoms with Gasteiger partial charge in [-0.3, -0.25) is 0 Å². The van der Waals surface area contributed by atoms with Gasteiger partial charge in [-0.15, -0.1) is 0 Å². The molecule has 0 fully saturated rings. The predicted molar refractivity (Wildman–Crippen MR) is 69.2 cm³/mol. The number of aliphatic hydroxyl groups is 2. The first kappa shape index (κ1) is 14.5. The second kappa shape index (κ2) is 7.68. The zero-order valence-electron chi connectivity index (χ0n) is 10.6. The van der Waals surface area contributed by atoms with Gasteiger partial charge in [0.2, 0.25) is 0 Å². The van der Waals surface area contributed by atoms with E-state index in [9.17, 15) is 4.79 Å². The Kier molecular flexibility index (Phi) is 6.18. The van der Waals surface area contributed by atoms with Gasteiger partial charge in [0.25, 0.3) is 0 Å². The molecule has 0 bridgehead atoms. The summed E-state index contributed by atoms with van der Waals surface area (Å²) in [6.07, 6.45) is 0. The minimum absolute atomic E-state index is 0.113. The summed E-state index contributed by atoms with van der Waals surface area (Å²) in [6.45, 7) is 2.66. The van der Waals surface area contributed by atoms with Gasteiger partial charge in [0.05, 0.1) is 13.2 Å². The summed E-state index contributed by atoms with van der Waals surface area (Å²) in [6, 6.07) is 7.61. The van der Waals surface area contributed by atoms with Crippen LogP contribution in [-0.4, -0.2) is 47.4 Å². The van der Waals surface area contributed by atoms with Crippen LogP contribution in [0, 0.1) is 6.92 Å². The molecule has 0 atom stereocenters. The lowest BCUT2D eigenvalue weighted by Crippen LogP contribution is -2.42. The lowest BCUT2D eigenvalue weighted by atomic mass is 10.1. The molecule has 5 nitrogen and oxygen atoms in total. The van der Waals surface area contributed by atoms with Crippen LogP contribution in [0.4, 0.5) is 4.79 Å². The number of carbonyl (C=O) groups is 1. The first-order valence-electron chi connectivity index (χ1n) is 5.97. The van der Waals surface area contributed by atoms with Crippen LogP contribution in [0.25, 0.3) is 0 Å². The Bertz CT molecular complexity index is 359. The Morgan fingerprint density at radius 3 is 2.22 bits per heavy atom. The predicted octanol–water partition coefficient (Wildman–Crippen LogP) is 0.491. The summed E-state index contributed by atoms with van der Waals surface area (Å²) < 4.78 is 0. The number of carbonyl (C=O) groups excluding carboxylic acids is 1. The number of hydrogen-bond acceptors (Lipinski definition) is 3. The van der Waals surface area contributed by atoms with Crippen molar-refractivity contribution in [1.82, 2.24) is 10.2 Å². The minimum atomic E-state index is -0.279. The largest absolute Gasteiger partial charge is 0.395 e. The van der Waals surface area contributed by atoms with Gasteiger partial charge >= 0.3 is 6.03 Å². The molecule has 0 aromatic heterocycles. The van der Waals surface area contributed by atoms with E-state index in [1.54, 1.807) is 0 Å². The van der Waals surface area contributed by atoms with E-state index >= 15 is 0 Å². The molecule has 18 heavy (non-hydrogen) atoms. The van der Waals surface area contributed by atoms with Crippen molar-refractivity contribution in [3.8, 4) is 0 Å². The highest BCUT2D eigenvalue weighted by Gasteiger charge is 2.11. The molecule has 0 aliphatic rings. The van der Waals surface area contributed by atoms with E-state index < -0.39 is 0 Å². The molecule has 0 unspecified atom stereocenters. The van der Waals surface area contributed by atoms with Gasteiger partial charge in [0, 0.05) is 19.6 Å². The van der Waals surface area contributed by atoms with Crippen LogP contribution < -0.4 is 5.32 Å². The summed E-state index contributed by atoms with van der Waals surface area (Å²) in [5.74, 6) is 0. The van der Waals surface area contributed by atoms with Crippen LogP contribution >= 0.6 is 0 Å². The van der Waals surface area contributed by atoms with E-state index in [4.69, 9.17) is 10.2 Å². The summed E-state index contributed by atoms with van der Waals surface area (Å²) in [7, 11) is 0. The fourth-order valence-corrected chi connectivity index (χ4v) is 1.55. The smallest absolute Gasteiger partial charge is 0.317 e. The van der Waals surface area contributed by atoms with Gasteiger partial charge in [-0.1, -0.05) is 29.8 Å². The lowest BCUT2D eigenvalue weighted by Gasteiger charge is -2.21. The molecule has 0 saturated carbocycles. The van der Waals surface area contributed by atoms with E-state index in [0.29, 0.717) is 6.54 Å². The average molecular weight is 252 g/mol. The van der Waals surface area contributed by atoms with E-state index in [1.807, 2.05) is 31.2 Å². The number of hydrogen-bond donors (Lipinski definition) is 3. The van der Waals surface area contributed by atoms with Crippen molar-refractivity contribution in [2.24, 2.45) is 0 Å². The van der Waals surface area contributed by atoms with E-state index in [2.05, 4.69) is 5.32 Å². The van der Waals surface area contributed by atoms with Crippen LogP contribution in [0.3, 0.4) is 0 Å². The highest BCUT2D eigenvalue weighted by Crippen LogP contribution is 2.02. The quantitative estimate of drug-likeness (QED) is 0.690. The highest BCUT2D eigenvalue weighted by molar-refractivity contribution is 5.74. The minimum Gasteiger partial charge on any atom is -0.395 e. The topological polar surface area (TPSA) is 72.8 Å². The molecule has 1 aromatic rings. The van der Waals surface area contributed by atoms with Crippen molar-refractivity contribution in [3.63, 3.8) is 0 Å². The van der Waals surface area contributed by atoms with Crippen LogP contribution in [0.2, 0.25) is 0 Å². The van der Waals surface area contributed by atoms with Crippen LogP contribution in [-0.2, 0) is 6.54 Å². The average Bonchev–Trinajstić information content (AvgIpc) is 2.37. The molecule has 0 aliphatic heterocycles. The van der Waals surface area contributed by atoms with Crippen molar-refractivity contribution in [2.45, 2.75) is 13.5 Å². The van der Waals surface area contributed by atoms with Crippen molar-refractivity contribution in [3.05, 3.63) is 35.4 Å². The number of urea groups is 1. The molecule has 0 spiro atoms. The van der Waals surface area contributed by atoms with Gasteiger partial charge < -0.3 is 20.4 Å². The van der Waals surface area contributed by atoms with Gasteiger partial charge in [-0.25, -0.2) is 4.79 Å². The SMILES string of the molecule is Cc1ccc(CNC(=O)N(CCO)CCO)cc1. The molecule has 0 heterocycles. The van der Waals surface area contributed by atoms with Gasteiger partial charge in [0.15, 0.2) is 0 Å². The zero-order valence-corrected chi connectivity index (χ0v) is 10.6. The Balaban J connectivity index is 2.45. The molecule has 100 valence electrons. The number of nitrogens with zero attached hydrogens (tertiary/aromatic N) is 1. The molecule has 5 heteroatoms. The van der Waals surface area contributed by atoms with Crippen molar-refractivity contribution < 1.29 is 15.0 Å². The summed E-state index contributed by atoms with van der Waals surface area (Å²) in [5, 5.41) is 20.4. The van der Waals surface area contributed by atoms with E-state index in [-0.39, 0.29) is 32.3 Å². The van der Waals surface area contributed by atoms with Gasteiger partial charge in [-0.2, -0.15) is 0 Å². The third kappa shape index (κ3) is 4.73. The molecule has 1 aromatic carbocycles. The molecule has 0 radical (unpaired) electrons. The van der Waals surface area contributed by atoms with E-state index in [1.165, 1.54) is 10.5 Å². The van der Waals surface area contributed by atoms with Crippen LogP contribution in [0.15, 0.2) is 24.3 Å². The maximum atomic E-state index is 11.8. The zero-order chi connectivity index (χ0) is 13.4. The second-order valence-electron chi connectivity index (χ2n) is 4.08. The summed E-state index contributed by atoms with van der Waals surface area (Å²) in [5.41, 5.74) is 2.19. The Morgan fingerprint density at radius 2 is 1.72 bits per heavy atom. The number of benzene rings is 1. The van der Waals surface area contributed by atoms with Crippen LogP contribution in [0.1, 0.15) is 11.1 Å². The van der Waals surface area contributed by atoms with Gasteiger partial charge in [-0.05, 0) is 12.5 Å². The van der Waals surface area contributed by atoms with Crippen molar-refractivity contribution >= 4 is 6.03 Å². The lowest BCUT2D eigenvalue weighted by molar-refractivity contribution is 0.158. The molecule has 0 aliphatic carbocycles. The fourth-order valence-electron chi connectivity index (χ4n) is 1.55. The Morgan fingerprint density at radius 1 is 1.17 bits per heavy atom. The normalized spacial score (nSPS) is 10.2. The molecule has 2 amide bonds. The summed E-state index contributed by atoms with van der Waals surface area (Å²) in [4.78, 5) is 13.1. The maximum Gasteiger partial charge on any atom is 0.317 e. The number of aliphatic hydroxyl groups excluding tert-OH is 2. The third-order valence-corrected chi connectivity index (χ3v) is 2.59. The first-order chi connectivity index (χ1) is 8.67. The van der Waals surface area contributed by atoms with Crippen molar-refractivity contribution in [1.29, 1.82) is 0 Å². The molecule has 1 rings (SSSR count). The van der Waals surface area contributed by atoms with Crippen molar-refractivity contribution in [2.75, 3.05) is 26.3 Å². The molecular weight excluding hydrogens is 232 g/mol. The third-order valence-electron chi connectivity index (χ3n) is 2.59. The maximum absolute atomic E-state index is 11.8. The second-order valence-corrected chi connectivity index (χ2v) is 4.08. The number of aryl methyl sites for hydroxylation is 1. The standard InChI is InChI=1S/C13H20N2O3/c1-11-2-4-12(5-3-11)10-14-13(18)15(6-8-16)7-9-17/h2-5,16-17H,6-10H2,1H3,(H,14,18). The fraction of sp³-hybridized carbons (Fsp3) is 0.462. The number of rotatable bonds is 6. The van der Waals surface area contributed by atoms with E-state index in [0.717, 1.165) is 5.56 Å². The molecular formula is C13H20N2O3.